The molecule has 0 radical (unpaired) electrons. The van der Waals surface area contributed by atoms with Gasteiger partial charge in [-0.2, -0.15) is 0 Å². The number of rotatable bonds is 4. The van der Waals surface area contributed by atoms with Crippen molar-refractivity contribution >= 4 is 12.6 Å². The Balaban J connectivity index is 1.57. The zero-order chi connectivity index (χ0) is 14.8. The zero-order valence-electron chi connectivity index (χ0n) is 11.2. The molecule has 1 atom stereocenters. The second-order valence-corrected chi connectivity index (χ2v) is 4.95. The molecule has 21 heavy (non-hydrogen) atoms. The quantitative estimate of drug-likeness (QED) is 0.820. The van der Waals surface area contributed by atoms with Crippen molar-refractivity contribution in [2.75, 3.05) is 6.61 Å². The van der Waals surface area contributed by atoms with Gasteiger partial charge in [0, 0.05) is 12.0 Å². The van der Waals surface area contributed by atoms with E-state index in [0.717, 1.165) is 5.56 Å². The third-order valence-electron chi connectivity index (χ3n) is 3.38. The van der Waals surface area contributed by atoms with E-state index in [4.69, 9.17) is 19.5 Å². The van der Waals surface area contributed by atoms with Crippen molar-refractivity contribution in [1.29, 1.82) is 0 Å². The highest BCUT2D eigenvalue weighted by atomic mass is 19.1. The van der Waals surface area contributed by atoms with Gasteiger partial charge in [0.15, 0.2) is 0 Å². The maximum atomic E-state index is 13.1. The fourth-order valence-corrected chi connectivity index (χ4v) is 2.31. The van der Waals surface area contributed by atoms with Crippen LogP contribution in [-0.4, -0.2) is 29.9 Å². The van der Waals surface area contributed by atoms with E-state index in [-0.39, 0.29) is 11.9 Å². The number of halogens is 1. The normalized spacial score (nSPS) is 16.2. The summed E-state index contributed by atoms with van der Waals surface area (Å²) in [7, 11) is -1.48. The number of ether oxygens (including phenoxy) is 2. The van der Waals surface area contributed by atoms with Crippen molar-refractivity contribution in [2.45, 2.75) is 12.5 Å². The van der Waals surface area contributed by atoms with Crippen LogP contribution in [0, 0.1) is 5.82 Å². The fraction of sp³-hybridized carbons (Fsp3) is 0.200. The summed E-state index contributed by atoms with van der Waals surface area (Å²) in [5, 5.41) is 18.0. The third kappa shape index (κ3) is 3.17. The Labute approximate surface area is 121 Å². The minimum atomic E-state index is -1.48. The Morgan fingerprint density at radius 1 is 1.19 bits per heavy atom. The molecule has 2 aromatic carbocycles. The summed E-state index contributed by atoms with van der Waals surface area (Å²) < 4.78 is 24.4. The molecular formula is C15H14BFO4. The zero-order valence-corrected chi connectivity index (χ0v) is 11.2. The maximum absolute atomic E-state index is 13.1. The van der Waals surface area contributed by atoms with Gasteiger partial charge < -0.3 is 19.5 Å². The molecule has 0 fully saturated rings. The lowest BCUT2D eigenvalue weighted by Crippen LogP contribution is -2.29. The lowest BCUT2D eigenvalue weighted by molar-refractivity contribution is 0.148. The van der Waals surface area contributed by atoms with Crippen LogP contribution in [0.5, 0.6) is 11.5 Å². The first-order chi connectivity index (χ1) is 10.1. The Hall–Kier alpha value is -2.05. The molecule has 3 rings (SSSR count). The summed E-state index contributed by atoms with van der Waals surface area (Å²) in [4.78, 5) is 0. The first kappa shape index (κ1) is 13.9. The Bertz CT molecular complexity index is 630. The van der Waals surface area contributed by atoms with Gasteiger partial charge in [-0.25, -0.2) is 4.39 Å². The highest BCUT2D eigenvalue weighted by molar-refractivity contribution is 6.58. The van der Waals surface area contributed by atoms with Crippen molar-refractivity contribution in [3.8, 4) is 11.5 Å². The van der Waals surface area contributed by atoms with Gasteiger partial charge in [-0.1, -0.05) is 12.1 Å². The number of hydrogen-bond donors (Lipinski definition) is 2. The molecular weight excluding hydrogens is 274 g/mol. The largest absolute Gasteiger partial charge is 0.490 e. The fourth-order valence-electron chi connectivity index (χ4n) is 2.31. The van der Waals surface area contributed by atoms with Crippen molar-refractivity contribution < 1.29 is 23.9 Å². The Morgan fingerprint density at radius 3 is 2.67 bits per heavy atom. The highest BCUT2D eigenvalue weighted by Gasteiger charge is 2.23. The SMILES string of the molecule is OB(O)c1ccc(OCC2Cc3cc(F)ccc3O2)cc1. The van der Waals surface area contributed by atoms with Crippen LogP contribution in [0.2, 0.25) is 0 Å². The Morgan fingerprint density at radius 2 is 1.95 bits per heavy atom. The monoisotopic (exact) mass is 288 g/mol. The average Bonchev–Trinajstić information content (AvgIpc) is 2.87. The minimum Gasteiger partial charge on any atom is -0.490 e. The van der Waals surface area contributed by atoms with Crippen LogP contribution < -0.4 is 14.9 Å². The second-order valence-electron chi connectivity index (χ2n) is 4.95. The summed E-state index contributed by atoms with van der Waals surface area (Å²) in [5.74, 6) is 1.05. The smallest absolute Gasteiger partial charge is 0.488 e. The van der Waals surface area contributed by atoms with Gasteiger partial charge in [0.25, 0.3) is 0 Å². The van der Waals surface area contributed by atoms with Gasteiger partial charge in [-0.05, 0) is 35.8 Å². The molecule has 0 spiro atoms. The average molecular weight is 288 g/mol. The van der Waals surface area contributed by atoms with E-state index in [1.54, 1.807) is 30.3 Å². The van der Waals surface area contributed by atoms with Gasteiger partial charge >= 0.3 is 7.12 Å². The molecule has 0 saturated heterocycles. The third-order valence-corrected chi connectivity index (χ3v) is 3.38. The summed E-state index contributed by atoms with van der Waals surface area (Å²) in [6, 6.07) is 11.0. The lowest BCUT2D eigenvalue weighted by Gasteiger charge is -2.12. The van der Waals surface area contributed by atoms with Crippen LogP contribution in [0.1, 0.15) is 5.56 Å². The lowest BCUT2D eigenvalue weighted by atomic mass is 9.80. The van der Waals surface area contributed by atoms with Crippen molar-refractivity contribution in [1.82, 2.24) is 0 Å². The summed E-state index contributed by atoms with van der Waals surface area (Å²) in [5.41, 5.74) is 1.25. The highest BCUT2D eigenvalue weighted by Crippen LogP contribution is 2.29. The molecule has 1 unspecified atom stereocenters. The number of benzene rings is 2. The molecule has 1 heterocycles. The molecule has 108 valence electrons. The first-order valence-corrected chi connectivity index (χ1v) is 6.66. The van der Waals surface area contributed by atoms with Gasteiger partial charge in [-0.3, -0.25) is 0 Å². The van der Waals surface area contributed by atoms with Crippen LogP contribution in [-0.2, 0) is 6.42 Å². The van der Waals surface area contributed by atoms with Crippen molar-refractivity contribution in [2.24, 2.45) is 0 Å². The molecule has 0 amide bonds. The van der Waals surface area contributed by atoms with E-state index >= 15 is 0 Å². The molecule has 1 aliphatic heterocycles. The predicted octanol–water partition coefficient (Wildman–Crippen LogP) is 0.888. The second kappa shape index (κ2) is 5.75. The minimum absolute atomic E-state index is 0.148. The molecule has 6 heteroatoms. The van der Waals surface area contributed by atoms with Crippen molar-refractivity contribution in [3.63, 3.8) is 0 Å². The van der Waals surface area contributed by atoms with Gasteiger partial charge in [0.1, 0.15) is 30.0 Å². The molecule has 0 saturated carbocycles. The topological polar surface area (TPSA) is 58.9 Å². The summed E-state index contributed by atoms with van der Waals surface area (Å²) in [6.07, 6.45) is 0.463. The van der Waals surface area contributed by atoms with Crippen LogP contribution in [0.15, 0.2) is 42.5 Å². The van der Waals surface area contributed by atoms with Crippen LogP contribution in [0.3, 0.4) is 0 Å². The van der Waals surface area contributed by atoms with Crippen LogP contribution >= 0.6 is 0 Å². The van der Waals surface area contributed by atoms with Gasteiger partial charge in [0.2, 0.25) is 0 Å². The molecule has 0 bridgehead atoms. The van der Waals surface area contributed by atoms with Crippen LogP contribution in [0.25, 0.3) is 0 Å². The molecule has 1 aliphatic rings. The van der Waals surface area contributed by atoms with Crippen molar-refractivity contribution in [3.05, 3.63) is 53.8 Å². The van der Waals surface area contributed by atoms with Gasteiger partial charge in [0.05, 0.1) is 0 Å². The molecule has 2 N–H and O–H groups in total. The Kier molecular flexibility index (Phi) is 3.81. The van der Waals surface area contributed by atoms with Gasteiger partial charge in [-0.15, -0.1) is 0 Å². The molecule has 2 aromatic rings. The molecule has 4 nitrogen and oxygen atoms in total. The van der Waals surface area contributed by atoms with E-state index in [1.165, 1.54) is 12.1 Å². The van der Waals surface area contributed by atoms with E-state index < -0.39 is 7.12 Å². The number of fused-ring (bicyclic) bond motifs is 1. The summed E-state index contributed by atoms with van der Waals surface area (Å²) >= 11 is 0. The summed E-state index contributed by atoms with van der Waals surface area (Å²) in [6.45, 7) is 0.345. The molecule has 0 aromatic heterocycles. The maximum Gasteiger partial charge on any atom is 0.488 e. The number of hydrogen-bond acceptors (Lipinski definition) is 4. The van der Waals surface area contributed by atoms with E-state index in [0.29, 0.717) is 30.0 Å². The molecule has 0 aliphatic carbocycles. The predicted molar refractivity (Wildman–Crippen MR) is 76.3 cm³/mol. The van der Waals surface area contributed by atoms with Crippen LogP contribution in [0.4, 0.5) is 4.39 Å². The first-order valence-electron chi connectivity index (χ1n) is 6.66. The van der Waals surface area contributed by atoms with E-state index in [2.05, 4.69) is 0 Å². The standard InChI is InChI=1S/C15H14BFO4/c17-12-3-6-15-10(7-12)8-14(21-15)9-20-13-4-1-11(2-5-13)16(18)19/h1-7,14,18-19H,8-9H2. The van der Waals surface area contributed by atoms with E-state index in [9.17, 15) is 4.39 Å². The van der Waals surface area contributed by atoms with E-state index in [1.807, 2.05) is 0 Å².